The molecule has 1 unspecified atom stereocenters. The first kappa shape index (κ1) is 20.4. The number of rotatable bonds is 5. The highest BCUT2D eigenvalue weighted by atomic mass is 16.5. The zero-order valence-corrected chi connectivity index (χ0v) is 18.2. The van der Waals surface area contributed by atoms with Crippen molar-refractivity contribution in [1.29, 1.82) is 0 Å². The van der Waals surface area contributed by atoms with Crippen molar-refractivity contribution >= 4 is 17.5 Å². The minimum Gasteiger partial charge on any atom is -0.457 e. The summed E-state index contributed by atoms with van der Waals surface area (Å²) in [5.74, 6) is 1.63. The molecule has 0 radical (unpaired) electrons. The molecule has 0 aliphatic carbocycles. The minimum atomic E-state index is -0.527. The molecule has 0 spiro atoms. The molecule has 8 heteroatoms. The van der Waals surface area contributed by atoms with E-state index >= 15 is 0 Å². The van der Waals surface area contributed by atoms with Crippen molar-refractivity contribution in [2.75, 3.05) is 10.6 Å². The van der Waals surface area contributed by atoms with E-state index in [1.807, 2.05) is 92.7 Å². The largest absolute Gasteiger partial charge is 0.457 e. The molecule has 164 valence electrons. The van der Waals surface area contributed by atoms with E-state index in [0.717, 1.165) is 22.6 Å². The number of hydrogen-bond acceptors (Lipinski definition) is 6. The van der Waals surface area contributed by atoms with Crippen LogP contribution in [0.5, 0.6) is 11.5 Å². The number of anilines is 2. The third kappa shape index (κ3) is 4.18. The lowest BCUT2D eigenvalue weighted by molar-refractivity contribution is -0.113. The van der Waals surface area contributed by atoms with Crippen molar-refractivity contribution in [3.05, 3.63) is 101 Å². The number of benzene rings is 3. The fourth-order valence-corrected chi connectivity index (χ4v) is 3.91. The van der Waals surface area contributed by atoms with Gasteiger partial charge in [0, 0.05) is 11.4 Å². The summed E-state index contributed by atoms with van der Waals surface area (Å²) in [7, 11) is 0. The maximum atomic E-state index is 13.5. The Kier molecular flexibility index (Phi) is 5.32. The van der Waals surface area contributed by atoms with Crippen LogP contribution in [0.15, 0.2) is 90.1 Å². The van der Waals surface area contributed by atoms with Gasteiger partial charge in [0.05, 0.1) is 5.57 Å². The summed E-state index contributed by atoms with van der Waals surface area (Å²) in [6, 6.07) is 24.3. The van der Waals surface area contributed by atoms with Gasteiger partial charge in [-0.1, -0.05) is 47.6 Å². The molecule has 1 aliphatic rings. The van der Waals surface area contributed by atoms with Crippen LogP contribution in [0.2, 0.25) is 0 Å². The van der Waals surface area contributed by atoms with Crippen LogP contribution in [0.4, 0.5) is 11.6 Å². The van der Waals surface area contributed by atoms with Crippen molar-refractivity contribution in [1.82, 2.24) is 20.2 Å². The van der Waals surface area contributed by atoms with Crippen LogP contribution in [0.1, 0.15) is 24.1 Å². The van der Waals surface area contributed by atoms with E-state index in [4.69, 9.17) is 4.74 Å². The Bertz CT molecular complexity index is 1350. The standard InChI is InChI=1S/C25H22N6O2/c1-16-8-6-10-19(14-16)27-24(32)22-17(2)26-25-28-29-30-31(25)23(22)18-9-7-13-21(15-18)33-20-11-4-3-5-12-20/h3-15,23H,1-2H3,(H,27,32)(H,26,28,30). The van der Waals surface area contributed by atoms with E-state index in [2.05, 4.69) is 26.2 Å². The van der Waals surface area contributed by atoms with Crippen molar-refractivity contribution in [2.24, 2.45) is 0 Å². The van der Waals surface area contributed by atoms with E-state index in [0.29, 0.717) is 23.0 Å². The number of aryl methyl sites for hydroxylation is 1. The summed E-state index contributed by atoms with van der Waals surface area (Å²) in [4.78, 5) is 13.5. The maximum Gasteiger partial charge on any atom is 0.255 e. The smallest absolute Gasteiger partial charge is 0.255 e. The molecule has 5 rings (SSSR count). The molecule has 1 amide bonds. The SMILES string of the molecule is CC1=C(C(=O)Nc2cccc(C)c2)C(c2cccc(Oc3ccccc3)c2)n2nnnc2N1. The highest BCUT2D eigenvalue weighted by Crippen LogP contribution is 2.36. The Morgan fingerprint density at radius 3 is 2.58 bits per heavy atom. The van der Waals surface area contributed by atoms with E-state index < -0.39 is 6.04 Å². The van der Waals surface area contributed by atoms with Crippen LogP contribution >= 0.6 is 0 Å². The zero-order valence-electron chi connectivity index (χ0n) is 18.2. The fraction of sp³-hybridized carbons (Fsp3) is 0.120. The average Bonchev–Trinajstić information content (AvgIpc) is 3.27. The second kappa shape index (κ2) is 8.58. The second-order valence-electron chi connectivity index (χ2n) is 7.82. The Hall–Kier alpha value is -4.46. The number of hydrogen-bond donors (Lipinski definition) is 2. The van der Waals surface area contributed by atoms with Crippen LogP contribution in [-0.2, 0) is 4.79 Å². The van der Waals surface area contributed by atoms with Crippen LogP contribution < -0.4 is 15.4 Å². The van der Waals surface area contributed by atoms with Gasteiger partial charge in [0.15, 0.2) is 0 Å². The molecule has 4 aromatic rings. The quantitative estimate of drug-likeness (QED) is 0.469. The molecule has 8 nitrogen and oxygen atoms in total. The summed E-state index contributed by atoms with van der Waals surface area (Å²) in [6.07, 6.45) is 0. The molecule has 0 saturated carbocycles. The van der Waals surface area contributed by atoms with Gasteiger partial charge in [-0.15, -0.1) is 0 Å². The fourth-order valence-electron chi connectivity index (χ4n) is 3.91. The van der Waals surface area contributed by atoms with Gasteiger partial charge in [-0.2, -0.15) is 4.68 Å². The van der Waals surface area contributed by atoms with Crippen molar-refractivity contribution in [3.63, 3.8) is 0 Å². The van der Waals surface area contributed by atoms with E-state index in [9.17, 15) is 4.79 Å². The molecule has 2 heterocycles. The first-order valence-electron chi connectivity index (χ1n) is 10.5. The lowest BCUT2D eigenvalue weighted by atomic mass is 9.94. The predicted octanol–water partition coefficient (Wildman–Crippen LogP) is 4.70. The van der Waals surface area contributed by atoms with E-state index in [1.165, 1.54) is 0 Å². The molecule has 1 atom stereocenters. The van der Waals surface area contributed by atoms with Crippen molar-refractivity contribution < 1.29 is 9.53 Å². The summed E-state index contributed by atoms with van der Waals surface area (Å²) in [6.45, 7) is 3.83. The summed E-state index contributed by atoms with van der Waals surface area (Å²) in [5.41, 5.74) is 3.82. The molecule has 0 bridgehead atoms. The van der Waals surface area contributed by atoms with Gasteiger partial charge in [0.1, 0.15) is 17.5 Å². The third-order valence-electron chi connectivity index (χ3n) is 5.39. The number of fused-ring (bicyclic) bond motifs is 1. The number of para-hydroxylation sites is 1. The highest BCUT2D eigenvalue weighted by molar-refractivity contribution is 6.06. The molecule has 33 heavy (non-hydrogen) atoms. The number of ether oxygens (including phenoxy) is 1. The van der Waals surface area contributed by atoms with Crippen LogP contribution in [-0.4, -0.2) is 26.1 Å². The van der Waals surface area contributed by atoms with E-state index in [1.54, 1.807) is 4.68 Å². The second-order valence-corrected chi connectivity index (χ2v) is 7.82. The Balaban J connectivity index is 1.52. The van der Waals surface area contributed by atoms with Gasteiger partial charge in [0.25, 0.3) is 5.91 Å². The normalized spacial score (nSPS) is 14.9. The van der Waals surface area contributed by atoms with Gasteiger partial charge in [-0.05, 0) is 71.8 Å². The maximum absolute atomic E-state index is 13.5. The number of carbonyl (C=O) groups is 1. The first-order chi connectivity index (χ1) is 16.1. The number of nitrogens with one attached hydrogen (secondary N) is 2. The summed E-state index contributed by atoms with van der Waals surface area (Å²) >= 11 is 0. The van der Waals surface area contributed by atoms with Crippen molar-refractivity contribution in [2.45, 2.75) is 19.9 Å². The highest BCUT2D eigenvalue weighted by Gasteiger charge is 2.34. The Morgan fingerprint density at radius 2 is 1.76 bits per heavy atom. The van der Waals surface area contributed by atoms with Gasteiger partial charge < -0.3 is 15.4 Å². The number of amides is 1. The molecule has 2 N–H and O–H groups in total. The monoisotopic (exact) mass is 438 g/mol. The molecule has 3 aromatic carbocycles. The van der Waals surface area contributed by atoms with Crippen LogP contribution in [0.3, 0.4) is 0 Å². The number of allylic oxidation sites excluding steroid dienone is 1. The molecule has 0 fully saturated rings. The topological polar surface area (TPSA) is 94.0 Å². The molecular formula is C25H22N6O2. The predicted molar refractivity (Wildman–Crippen MR) is 125 cm³/mol. The Morgan fingerprint density at radius 1 is 0.970 bits per heavy atom. The first-order valence-corrected chi connectivity index (χ1v) is 10.5. The number of aromatic nitrogens is 4. The Labute approximate surface area is 190 Å². The molecule has 1 aliphatic heterocycles. The van der Waals surface area contributed by atoms with Crippen LogP contribution in [0.25, 0.3) is 0 Å². The van der Waals surface area contributed by atoms with Gasteiger partial charge in [-0.25, -0.2) is 0 Å². The molecular weight excluding hydrogens is 416 g/mol. The van der Waals surface area contributed by atoms with Gasteiger partial charge in [0.2, 0.25) is 5.95 Å². The molecule has 1 aromatic heterocycles. The lowest BCUT2D eigenvalue weighted by Gasteiger charge is -2.28. The van der Waals surface area contributed by atoms with Gasteiger partial charge in [-0.3, -0.25) is 4.79 Å². The number of carbonyl (C=O) groups excluding carboxylic acids is 1. The van der Waals surface area contributed by atoms with Crippen LogP contribution in [0, 0.1) is 6.92 Å². The number of nitrogens with zero attached hydrogens (tertiary/aromatic N) is 4. The average molecular weight is 438 g/mol. The lowest BCUT2D eigenvalue weighted by Crippen LogP contribution is -2.31. The number of tetrazole rings is 1. The summed E-state index contributed by atoms with van der Waals surface area (Å²) < 4.78 is 7.63. The molecule has 0 saturated heterocycles. The minimum absolute atomic E-state index is 0.230. The zero-order chi connectivity index (χ0) is 22.8. The van der Waals surface area contributed by atoms with E-state index in [-0.39, 0.29) is 5.91 Å². The third-order valence-corrected chi connectivity index (χ3v) is 5.39. The van der Waals surface area contributed by atoms with Gasteiger partial charge >= 0.3 is 0 Å². The van der Waals surface area contributed by atoms with Crippen molar-refractivity contribution in [3.8, 4) is 11.5 Å². The summed E-state index contributed by atoms with van der Waals surface area (Å²) in [5, 5.41) is 18.2.